The fraction of sp³-hybridized carbons (Fsp3) is 0. The van der Waals surface area contributed by atoms with Gasteiger partial charge in [0.2, 0.25) is 0 Å². The Kier molecular flexibility index (Phi) is 14.5. The van der Waals surface area contributed by atoms with Gasteiger partial charge in [-0.2, -0.15) is 0 Å². The Morgan fingerprint density at radius 2 is 0.455 bits per heavy atom. The Labute approximate surface area is 633 Å². The van der Waals surface area contributed by atoms with E-state index in [4.69, 9.17) is 29.9 Å². The lowest BCUT2D eigenvalue weighted by Gasteiger charge is -2.19. The van der Waals surface area contributed by atoms with Crippen LogP contribution in [-0.2, 0) is 0 Å². The molecule has 4 aromatic heterocycles. The zero-order chi connectivity index (χ0) is 72.3. The predicted octanol–water partition coefficient (Wildman–Crippen LogP) is 26.0. The molecule has 23 rings (SSSR count). The molecule has 0 N–H and O–H groups in total. The summed E-state index contributed by atoms with van der Waals surface area (Å²) < 4.78 is 4.73. The van der Waals surface area contributed by atoms with Crippen LogP contribution < -0.4 is 0 Å². The molecule has 0 saturated carbocycles. The average Bonchev–Trinajstić information content (AvgIpc) is 1.65. The topological polar surface area (TPSA) is 87.2 Å². The summed E-state index contributed by atoms with van der Waals surface area (Å²) in [4.78, 5) is 30.0. The average molecular weight is 1400 g/mol. The Morgan fingerprint density at radius 3 is 0.855 bits per heavy atom. The summed E-state index contributed by atoms with van der Waals surface area (Å²) in [5.74, 6) is 3.89. The summed E-state index contributed by atoms with van der Waals surface area (Å²) in [7, 11) is 0. The van der Waals surface area contributed by atoms with Crippen LogP contribution in [0.1, 0.15) is 0 Å². The van der Waals surface area contributed by atoms with Crippen molar-refractivity contribution in [2.24, 2.45) is 0 Å². The maximum Gasteiger partial charge on any atom is 0.164 e. The van der Waals surface area contributed by atoms with Crippen molar-refractivity contribution in [1.82, 2.24) is 39.0 Å². The molecule has 0 amide bonds. The molecule has 0 saturated heterocycles. The number of fused-ring (bicyclic) bond motifs is 21. The van der Waals surface area contributed by atoms with E-state index in [2.05, 4.69) is 288 Å². The first-order valence-electron chi connectivity index (χ1n) is 37.3. The third kappa shape index (κ3) is 10.0. The number of hydrogen-bond acceptors (Lipinski definition) is 6. The van der Waals surface area contributed by atoms with Gasteiger partial charge in [-0.25, -0.2) is 29.9 Å². The van der Waals surface area contributed by atoms with Crippen LogP contribution in [0.15, 0.2) is 376 Å². The van der Waals surface area contributed by atoms with E-state index in [1.54, 1.807) is 0 Å². The van der Waals surface area contributed by atoms with Gasteiger partial charge in [-0.15, -0.1) is 0 Å². The van der Waals surface area contributed by atoms with E-state index in [0.29, 0.717) is 34.9 Å². The second-order valence-corrected chi connectivity index (χ2v) is 28.3. The first kappa shape index (κ1) is 62.5. The summed E-state index contributed by atoms with van der Waals surface area (Å²) in [5, 5.41) is 14.9. The van der Waals surface area contributed by atoms with E-state index in [0.717, 1.165) is 61.0 Å². The van der Waals surface area contributed by atoms with Crippen LogP contribution in [-0.4, -0.2) is 39.0 Å². The van der Waals surface area contributed by atoms with Crippen molar-refractivity contribution in [1.29, 1.82) is 0 Å². The maximum absolute atomic E-state index is 5.11. The van der Waals surface area contributed by atoms with Gasteiger partial charge in [0.1, 0.15) is 0 Å². The number of aromatic nitrogens is 8. The predicted molar refractivity (Wildman–Crippen MR) is 453 cm³/mol. The highest BCUT2D eigenvalue weighted by Crippen LogP contribution is 2.56. The van der Waals surface area contributed by atoms with Gasteiger partial charge in [-0.05, 0) is 153 Å². The Balaban J connectivity index is 0.000000136. The van der Waals surface area contributed by atoms with E-state index >= 15 is 0 Å². The summed E-state index contributed by atoms with van der Waals surface area (Å²) in [6.45, 7) is 0. The van der Waals surface area contributed by atoms with Gasteiger partial charge < -0.3 is 9.13 Å². The van der Waals surface area contributed by atoms with Crippen molar-refractivity contribution >= 4 is 75.7 Å². The third-order valence-electron chi connectivity index (χ3n) is 22.2. The van der Waals surface area contributed by atoms with Crippen molar-refractivity contribution < 1.29 is 0 Å². The molecule has 2 aliphatic rings. The van der Waals surface area contributed by atoms with Crippen molar-refractivity contribution in [3.8, 4) is 146 Å². The summed E-state index contributed by atoms with van der Waals surface area (Å²) in [5.41, 5.74) is 25.4. The largest absolute Gasteiger partial charge is 0.316 e. The molecule has 0 radical (unpaired) electrons. The van der Waals surface area contributed by atoms with Crippen LogP contribution in [0.4, 0.5) is 0 Å². The lowest BCUT2D eigenvalue weighted by atomic mass is 9.85. The highest BCUT2D eigenvalue weighted by molar-refractivity contribution is 6.29. The van der Waals surface area contributed by atoms with Gasteiger partial charge in [0.05, 0.1) is 16.7 Å². The van der Waals surface area contributed by atoms with Crippen LogP contribution in [0.2, 0.25) is 0 Å². The normalized spacial score (nSPS) is 11.8. The van der Waals surface area contributed by atoms with Crippen LogP contribution in [0.25, 0.3) is 222 Å². The van der Waals surface area contributed by atoms with Crippen molar-refractivity contribution in [3.05, 3.63) is 376 Å². The van der Waals surface area contributed by atoms with E-state index in [-0.39, 0.29) is 0 Å². The number of rotatable bonds is 8. The van der Waals surface area contributed by atoms with Gasteiger partial charge in [0.15, 0.2) is 34.9 Å². The van der Waals surface area contributed by atoms with Gasteiger partial charge >= 0.3 is 0 Å². The van der Waals surface area contributed by atoms with Gasteiger partial charge in [0.25, 0.3) is 0 Å². The Bertz CT molecular complexity index is 7200. The smallest absolute Gasteiger partial charge is 0.164 e. The number of nitrogens with zero attached hydrogens (tertiary/aromatic N) is 8. The number of hydrogen-bond donors (Lipinski definition) is 0. The molecule has 0 aliphatic heterocycles. The van der Waals surface area contributed by atoms with Crippen LogP contribution in [0.3, 0.4) is 0 Å². The first-order valence-corrected chi connectivity index (χ1v) is 37.3. The van der Waals surface area contributed by atoms with E-state index < -0.39 is 0 Å². The standard InChI is InChI=1S/C53H32N4.C49H30N4/c1-3-16-33(17-4-1)51-54-52(34-18-5-2-6-19-34)56-53(55-51)43-30-31-46(39-24-11-7-22-37(39)43)57-32-45-38-23-10-14-27-42(38)49-40-25-12-8-20-35(40)36-21-9-13-26-41(36)50(49)44-28-15-29-47(57)48(44)45;1-3-14-31(15-4-1)47-50-48(32-16-5-2-6-17-32)52-49(51-47)33-26-28-34(29-27-33)53-30-42-37-20-9-12-23-40(37)45-38-21-10-7-18-35(38)36-19-8-11-22-39(36)46(45)41-24-13-25-43(53)44(41)42/h1-32H;1-30H. The first-order chi connectivity index (χ1) is 54.6. The molecule has 510 valence electrons. The molecule has 17 aromatic carbocycles. The highest BCUT2D eigenvalue weighted by Gasteiger charge is 2.31. The maximum atomic E-state index is 5.11. The molecular weight excluding hydrogens is 1340 g/mol. The lowest BCUT2D eigenvalue weighted by molar-refractivity contribution is 1.07. The molecule has 0 fully saturated rings. The molecule has 0 atom stereocenters. The molecule has 110 heavy (non-hydrogen) atoms. The Morgan fingerprint density at radius 1 is 0.164 bits per heavy atom. The second-order valence-electron chi connectivity index (χ2n) is 28.3. The quantitative estimate of drug-likeness (QED) is 0.141. The van der Waals surface area contributed by atoms with E-state index in [1.165, 1.54) is 126 Å². The molecule has 21 aromatic rings. The molecular formula is C102H62N8. The van der Waals surface area contributed by atoms with Gasteiger partial charge in [-0.3, -0.25) is 0 Å². The molecule has 2 aliphatic carbocycles. The Hall–Kier alpha value is -14.9. The highest BCUT2D eigenvalue weighted by atomic mass is 15.0. The fourth-order valence-electron chi connectivity index (χ4n) is 17.4. The van der Waals surface area contributed by atoms with Crippen molar-refractivity contribution in [3.63, 3.8) is 0 Å². The second kappa shape index (κ2) is 25.4. The zero-order valence-electron chi connectivity index (χ0n) is 59.4. The monoisotopic (exact) mass is 1400 g/mol. The minimum absolute atomic E-state index is 0.642. The summed E-state index contributed by atoms with van der Waals surface area (Å²) >= 11 is 0. The van der Waals surface area contributed by atoms with E-state index in [1.807, 2.05) is 97.1 Å². The molecule has 8 nitrogen and oxygen atoms in total. The zero-order valence-corrected chi connectivity index (χ0v) is 59.4. The summed E-state index contributed by atoms with van der Waals surface area (Å²) in [6, 6.07) is 129. The van der Waals surface area contributed by atoms with Gasteiger partial charge in [0, 0.05) is 78.7 Å². The molecule has 0 bridgehead atoms. The number of benzene rings is 17. The third-order valence-corrected chi connectivity index (χ3v) is 22.2. The molecule has 4 heterocycles. The van der Waals surface area contributed by atoms with Gasteiger partial charge in [-0.1, -0.05) is 315 Å². The molecule has 0 unspecified atom stereocenters. The van der Waals surface area contributed by atoms with E-state index in [9.17, 15) is 0 Å². The van der Waals surface area contributed by atoms with Crippen molar-refractivity contribution in [2.75, 3.05) is 0 Å². The van der Waals surface area contributed by atoms with Crippen LogP contribution in [0.5, 0.6) is 0 Å². The lowest BCUT2D eigenvalue weighted by Crippen LogP contribution is -2.01. The molecule has 8 heteroatoms. The molecule has 0 spiro atoms. The SMILES string of the molecule is c1ccc(-c2nc(-c3ccccc3)nc(-c3ccc(-n4cc5c6c(cccc64)-c4c(c6ccccc6c6ccccc46)-c4ccccc4-5)c4ccccc34)n2)cc1.c1ccc(-c2nc(-c3ccccc3)nc(-c3ccc(-n4cc5c6c(cccc64)-c4c(c6ccccc6c6ccccc46)-c4ccccc4-5)cc3)n2)cc1. The summed E-state index contributed by atoms with van der Waals surface area (Å²) in [6.07, 6.45) is 4.68. The van der Waals surface area contributed by atoms with Crippen molar-refractivity contribution in [2.45, 2.75) is 0 Å². The minimum atomic E-state index is 0.642. The fourth-order valence-corrected chi connectivity index (χ4v) is 17.4. The van der Waals surface area contributed by atoms with Crippen LogP contribution >= 0.6 is 0 Å². The van der Waals surface area contributed by atoms with Crippen LogP contribution in [0, 0.1) is 0 Å². The minimum Gasteiger partial charge on any atom is -0.316 e.